The molecular formula is C65H43N7. The molecule has 0 atom stereocenters. The van der Waals surface area contributed by atoms with Crippen molar-refractivity contribution >= 4 is 87.2 Å². The maximum atomic E-state index is 11.6. The number of hydrogen-bond donors (Lipinski definition) is 0. The van der Waals surface area contributed by atoms with Gasteiger partial charge in [0.1, 0.15) is 23.5 Å². The van der Waals surface area contributed by atoms with Gasteiger partial charge in [0.05, 0.1) is 55.3 Å². The third-order valence-electron chi connectivity index (χ3n) is 14.9. The predicted molar refractivity (Wildman–Crippen MR) is 295 cm³/mol. The van der Waals surface area contributed by atoms with E-state index in [1.54, 1.807) is 6.07 Å². The number of para-hydroxylation sites is 4. The van der Waals surface area contributed by atoms with Crippen LogP contribution < -0.4 is 0 Å². The van der Waals surface area contributed by atoms with Crippen molar-refractivity contribution in [1.29, 1.82) is 10.5 Å². The molecule has 0 radical (unpaired) electrons. The summed E-state index contributed by atoms with van der Waals surface area (Å²) in [6.45, 7) is 8.56. The summed E-state index contributed by atoms with van der Waals surface area (Å²) in [5, 5.41) is 31.3. The van der Waals surface area contributed by atoms with Crippen LogP contribution in [0.2, 0.25) is 0 Å². The first-order chi connectivity index (χ1) is 35.3. The molecule has 0 spiro atoms. The number of pyridine rings is 1. The van der Waals surface area contributed by atoms with E-state index in [0.29, 0.717) is 22.8 Å². The summed E-state index contributed by atoms with van der Waals surface area (Å²) in [6, 6.07) is 71.7. The SMILES string of the molecule is Cc1ccc2c(c1)c1ccccc1n2-c1nc(-n2c3ccccc3c3cc(C)ccc32)c(-n2c3ccccc3c3cc(C)ccc32)c(-c2cccc(C#N)c2C#N)c1-n1c2ccccc2c2cc(C)ccc21. The molecule has 0 aliphatic heterocycles. The van der Waals surface area contributed by atoms with Crippen LogP contribution in [0.15, 0.2) is 188 Å². The van der Waals surface area contributed by atoms with E-state index in [0.717, 1.165) is 126 Å². The molecule has 5 aromatic heterocycles. The Morgan fingerprint density at radius 1 is 0.333 bits per heavy atom. The second-order valence-corrected chi connectivity index (χ2v) is 19.3. The smallest absolute Gasteiger partial charge is 0.165 e. The van der Waals surface area contributed by atoms with Crippen LogP contribution in [0.5, 0.6) is 0 Å². The third kappa shape index (κ3) is 5.74. The highest BCUT2D eigenvalue weighted by molar-refractivity contribution is 6.16. The van der Waals surface area contributed by atoms with Gasteiger partial charge in [-0.1, -0.05) is 131 Å². The average Bonchev–Trinajstić information content (AvgIpc) is 4.12. The Balaban J connectivity index is 1.36. The van der Waals surface area contributed by atoms with Crippen LogP contribution in [-0.4, -0.2) is 23.3 Å². The Bertz CT molecular complexity index is 4510. The molecule has 14 rings (SSSR count). The molecule has 72 heavy (non-hydrogen) atoms. The predicted octanol–water partition coefficient (Wildman–Crippen LogP) is 16.1. The molecule has 0 aliphatic rings. The van der Waals surface area contributed by atoms with Crippen molar-refractivity contribution in [2.24, 2.45) is 0 Å². The number of fused-ring (bicyclic) bond motifs is 12. The lowest BCUT2D eigenvalue weighted by atomic mass is 9.93. The number of nitriles is 2. The topological polar surface area (TPSA) is 80.2 Å². The van der Waals surface area contributed by atoms with Gasteiger partial charge in [-0.05, 0) is 107 Å². The Hall–Kier alpha value is -9.69. The summed E-state index contributed by atoms with van der Waals surface area (Å²) >= 11 is 0. The van der Waals surface area contributed by atoms with E-state index >= 15 is 0 Å². The van der Waals surface area contributed by atoms with Crippen molar-refractivity contribution in [1.82, 2.24) is 23.3 Å². The van der Waals surface area contributed by atoms with Crippen molar-refractivity contribution in [3.8, 4) is 46.3 Å². The number of rotatable bonds is 5. The Morgan fingerprint density at radius 2 is 0.667 bits per heavy atom. The molecule has 0 fully saturated rings. The first-order valence-electron chi connectivity index (χ1n) is 24.3. The molecular weight excluding hydrogens is 879 g/mol. The quantitative estimate of drug-likeness (QED) is 0.172. The van der Waals surface area contributed by atoms with Crippen LogP contribution >= 0.6 is 0 Å². The molecule has 0 unspecified atom stereocenters. The number of hydrogen-bond acceptors (Lipinski definition) is 3. The highest BCUT2D eigenvalue weighted by Crippen LogP contribution is 2.50. The Labute approximate surface area is 414 Å². The molecule has 0 N–H and O–H groups in total. The zero-order valence-electron chi connectivity index (χ0n) is 40.0. The molecule has 7 heteroatoms. The van der Waals surface area contributed by atoms with Gasteiger partial charge >= 0.3 is 0 Å². The molecule has 0 amide bonds. The Kier molecular flexibility index (Phi) is 8.84. The van der Waals surface area contributed by atoms with E-state index in [-0.39, 0.29) is 5.56 Å². The summed E-state index contributed by atoms with van der Waals surface area (Å²) in [5.41, 5.74) is 16.0. The molecule has 5 heterocycles. The number of benzene rings is 9. The number of nitrogens with zero attached hydrogens (tertiary/aromatic N) is 7. The minimum Gasteiger partial charge on any atom is -0.305 e. The molecule has 9 aromatic carbocycles. The second kappa shape index (κ2) is 15.4. The van der Waals surface area contributed by atoms with Crippen molar-refractivity contribution in [2.75, 3.05) is 0 Å². The van der Waals surface area contributed by atoms with Gasteiger partial charge in [-0.3, -0.25) is 9.13 Å². The van der Waals surface area contributed by atoms with Gasteiger partial charge in [0.15, 0.2) is 11.6 Å². The largest absolute Gasteiger partial charge is 0.305 e. The lowest BCUT2D eigenvalue weighted by Gasteiger charge is -2.27. The highest BCUT2D eigenvalue weighted by Gasteiger charge is 2.33. The fourth-order valence-corrected chi connectivity index (χ4v) is 11.8. The minimum atomic E-state index is 0.287. The van der Waals surface area contributed by atoms with Crippen LogP contribution in [0, 0.1) is 50.4 Å². The summed E-state index contributed by atoms with van der Waals surface area (Å²) in [4.78, 5) is 6.30. The molecule has 338 valence electrons. The normalized spacial score (nSPS) is 11.9. The minimum absolute atomic E-state index is 0.287. The number of aryl methyl sites for hydroxylation is 4. The fraction of sp³-hybridized carbons (Fsp3) is 0.0615. The van der Waals surface area contributed by atoms with Gasteiger partial charge < -0.3 is 9.13 Å². The molecule has 7 nitrogen and oxygen atoms in total. The molecule has 14 aromatic rings. The van der Waals surface area contributed by atoms with Crippen LogP contribution in [0.1, 0.15) is 33.4 Å². The average molecular weight is 922 g/mol. The monoisotopic (exact) mass is 921 g/mol. The van der Waals surface area contributed by atoms with Gasteiger partial charge in [-0.15, -0.1) is 0 Å². The van der Waals surface area contributed by atoms with E-state index in [1.165, 1.54) is 0 Å². The van der Waals surface area contributed by atoms with E-state index in [4.69, 9.17) is 4.98 Å². The Morgan fingerprint density at radius 3 is 1.03 bits per heavy atom. The lowest BCUT2D eigenvalue weighted by Crippen LogP contribution is -2.16. The highest BCUT2D eigenvalue weighted by atomic mass is 15.2. The zero-order valence-corrected chi connectivity index (χ0v) is 40.0. The van der Waals surface area contributed by atoms with Crippen molar-refractivity contribution in [3.05, 3.63) is 221 Å². The molecule has 0 saturated carbocycles. The second-order valence-electron chi connectivity index (χ2n) is 19.3. The third-order valence-corrected chi connectivity index (χ3v) is 14.9. The first kappa shape index (κ1) is 41.3. The number of aromatic nitrogens is 5. The van der Waals surface area contributed by atoms with Crippen LogP contribution in [0.4, 0.5) is 0 Å². The van der Waals surface area contributed by atoms with Gasteiger partial charge in [-0.25, -0.2) is 4.98 Å². The summed E-state index contributed by atoms with van der Waals surface area (Å²) in [6.07, 6.45) is 0. The van der Waals surface area contributed by atoms with Crippen LogP contribution in [0.3, 0.4) is 0 Å². The van der Waals surface area contributed by atoms with Gasteiger partial charge in [0, 0.05) is 54.2 Å². The van der Waals surface area contributed by atoms with Crippen molar-refractivity contribution in [3.63, 3.8) is 0 Å². The molecule has 0 saturated heterocycles. The lowest BCUT2D eigenvalue weighted by molar-refractivity contribution is 0.960. The maximum Gasteiger partial charge on any atom is 0.165 e. The summed E-state index contributed by atoms with van der Waals surface area (Å²) in [5.74, 6) is 1.34. The summed E-state index contributed by atoms with van der Waals surface area (Å²) in [7, 11) is 0. The van der Waals surface area contributed by atoms with Gasteiger partial charge in [-0.2, -0.15) is 10.5 Å². The molecule has 0 aliphatic carbocycles. The maximum absolute atomic E-state index is 11.6. The first-order valence-corrected chi connectivity index (χ1v) is 24.3. The standard InChI is InChI=1S/C65H43N7/c1-38-24-28-57-48(32-38)43-15-5-9-20-53(43)69(57)62-61(47-19-13-14-42(36-66)52(47)37-67)63(70-54-21-10-6-16-44(54)49-33-39(2)25-29-58(49)70)65(72-56-23-12-8-18-46(56)51-35-41(4)27-31-60(51)72)68-64(62)71-55-22-11-7-17-45(55)50-34-40(3)26-30-59(50)71/h5-35H,1-4H3. The van der Waals surface area contributed by atoms with Gasteiger partial charge in [0.25, 0.3) is 0 Å². The van der Waals surface area contributed by atoms with Crippen LogP contribution in [-0.2, 0) is 0 Å². The van der Waals surface area contributed by atoms with E-state index < -0.39 is 0 Å². The van der Waals surface area contributed by atoms with E-state index in [1.807, 2.05) is 12.1 Å². The fourth-order valence-electron chi connectivity index (χ4n) is 11.8. The van der Waals surface area contributed by atoms with E-state index in [9.17, 15) is 10.5 Å². The van der Waals surface area contributed by atoms with Crippen LogP contribution in [0.25, 0.3) is 121 Å². The molecule has 0 bridgehead atoms. The van der Waals surface area contributed by atoms with E-state index in [2.05, 4.69) is 228 Å². The van der Waals surface area contributed by atoms with Crippen molar-refractivity contribution in [2.45, 2.75) is 27.7 Å². The van der Waals surface area contributed by atoms with Gasteiger partial charge in [0.2, 0.25) is 0 Å². The van der Waals surface area contributed by atoms with Crippen molar-refractivity contribution < 1.29 is 0 Å². The summed E-state index contributed by atoms with van der Waals surface area (Å²) < 4.78 is 9.41. The zero-order chi connectivity index (χ0) is 48.5.